The monoisotopic (exact) mass is 838 g/mol. The summed E-state index contributed by atoms with van der Waals surface area (Å²) in [7, 11) is 0. The van der Waals surface area contributed by atoms with Crippen molar-refractivity contribution in [2.24, 2.45) is 0 Å². The van der Waals surface area contributed by atoms with Gasteiger partial charge in [-0.15, -0.1) is 0 Å². The lowest BCUT2D eigenvalue weighted by molar-refractivity contribution is 0.663. The van der Waals surface area contributed by atoms with Crippen LogP contribution in [0.25, 0.3) is 143 Å². The second kappa shape index (κ2) is 14.4. The summed E-state index contributed by atoms with van der Waals surface area (Å²) in [5.74, 6) is 0. The van der Waals surface area contributed by atoms with Crippen molar-refractivity contribution < 1.29 is 8.83 Å². The van der Waals surface area contributed by atoms with E-state index in [0.717, 1.165) is 55.0 Å². The second-order valence-electron chi connectivity index (χ2n) is 17.5. The number of furan rings is 2. The zero-order valence-electron chi connectivity index (χ0n) is 35.8. The van der Waals surface area contributed by atoms with E-state index in [-0.39, 0.29) is 0 Å². The van der Waals surface area contributed by atoms with Crippen LogP contribution in [0.1, 0.15) is 0 Å². The molecule has 14 aromatic rings. The Bertz CT molecular complexity index is 4290. The third kappa shape index (κ3) is 5.55. The van der Waals surface area contributed by atoms with Crippen molar-refractivity contribution in [3.63, 3.8) is 0 Å². The largest absolute Gasteiger partial charge is 0.455 e. The minimum Gasteiger partial charge on any atom is -0.455 e. The van der Waals surface area contributed by atoms with Gasteiger partial charge in [-0.25, -0.2) is 0 Å². The highest BCUT2D eigenvalue weighted by atomic mass is 16.3. The van der Waals surface area contributed by atoms with E-state index in [1.54, 1.807) is 0 Å². The van der Waals surface area contributed by atoms with Gasteiger partial charge < -0.3 is 8.83 Å². The van der Waals surface area contributed by atoms with Gasteiger partial charge in [0.2, 0.25) is 0 Å². The van der Waals surface area contributed by atoms with Gasteiger partial charge in [-0.2, -0.15) is 0 Å². The molecule has 0 aliphatic heterocycles. The quantitative estimate of drug-likeness (QED) is 0.161. The number of fused-ring (bicyclic) bond motifs is 11. The highest BCUT2D eigenvalue weighted by Crippen LogP contribution is 2.49. The summed E-state index contributed by atoms with van der Waals surface area (Å²) in [4.78, 5) is 0. The first-order chi connectivity index (χ1) is 32.7. The lowest BCUT2D eigenvalue weighted by Gasteiger charge is -2.20. The fraction of sp³-hybridized carbons (Fsp3) is 0. The predicted molar refractivity (Wildman–Crippen MR) is 278 cm³/mol. The van der Waals surface area contributed by atoms with E-state index in [2.05, 4.69) is 218 Å². The van der Waals surface area contributed by atoms with Crippen LogP contribution in [0.3, 0.4) is 0 Å². The molecule has 0 atom stereocenters. The van der Waals surface area contributed by atoms with E-state index in [0.29, 0.717) is 0 Å². The summed E-state index contributed by atoms with van der Waals surface area (Å²) in [6.45, 7) is 0. The summed E-state index contributed by atoms with van der Waals surface area (Å²) in [5.41, 5.74) is 15.1. The maximum atomic E-state index is 6.86. The Hall–Kier alpha value is -8.72. The molecule has 0 amide bonds. The predicted octanol–water partition coefficient (Wildman–Crippen LogP) is 18.4. The molecule has 0 bridgehead atoms. The van der Waals surface area contributed by atoms with E-state index < -0.39 is 0 Å². The highest BCUT2D eigenvalue weighted by Gasteiger charge is 2.23. The zero-order chi connectivity index (χ0) is 43.3. The van der Waals surface area contributed by atoms with Crippen LogP contribution in [-0.2, 0) is 0 Å². The fourth-order valence-corrected chi connectivity index (χ4v) is 10.9. The SMILES string of the molecule is c1cc(-c2cccc3ccccc23)cc(-c2c3ccccc3c(-c3cccc(-c4cccc5ccccc45)c3)c3cc(-c4cc5c6ccccc6oc5c5c4oc4ccccc45)ccc23)c1. The third-order valence-corrected chi connectivity index (χ3v) is 13.8. The van der Waals surface area contributed by atoms with Crippen LogP contribution in [-0.4, -0.2) is 0 Å². The van der Waals surface area contributed by atoms with Gasteiger partial charge >= 0.3 is 0 Å². The summed E-state index contributed by atoms with van der Waals surface area (Å²) in [5, 5.41) is 13.9. The Labute approximate surface area is 380 Å². The van der Waals surface area contributed by atoms with E-state index in [9.17, 15) is 0 Å². The molecule has 306 valence electrons. The molecule has 2 heteroatoms. The number of rotatable bonds is 5. The topological polar surface area (TPSA) is 26.3 Å². The van der Waals surface area contributed by atoms with Gasteiger partial charge in [-0.1, -0.05) is 194 Å². The Balaban J connectivity index is 1.08. The molecule has 0 aliphatic rings. The molecular formula is C64H38O2. The number of para-hydroxylation sites is 2. The first-order valence-electron chi connectivity index (χ1n) is 22.6. The minimum absolute atomic E-state index is 0.824. The van der Waals surface area contributed by atoms with Crippen LogP contribution in [0, 0.1) is 0 Å². The lowest BCUT2D eigenvalue weighted by atomic mass is 9.83. The molecule has 0 spiro atoms. The molecule has 0 radical (unpaired) electrons. The number of hydrogen-bond acceptors (Lipinski definition) is 2. The minimum atomic E-state index is 0.824. The fourth-order valence-electron chi connectivity index (χ4n) is 10.9. The van der Waals surface area contributed by atoms with Crippen molar-refractivity contribution in [2.45, 2.75) is 0 Å². The van der Waals surface area contributed by atoms with Gasteiger partial charge in [0, 0.05) is 21.7 Å². The maximum absolute atomic E-state index is 6.86. The molecule has 12 aromatic carbocycles. The molecule has 0 fully saturated rings. The van der Waals surface area contributed by atoms with Gasteiger partial charge in [-0.3, -0.25) is 0 Å². The van der Waals surface area contributed by atoms with Crippen LogP contribution in [0.2, 0.25) is 0 Å². The van der Waals surface area contributed by atoms with Crippen LogP contribution < -0.4 is 0 Å². The average molecular weight is 839 g/mol. The van der Waals surface area contributed by atoms with Crippen molar-refractivity contribution in [3.05, 3.63) is 231 Å². The number of hydrogen-bond donors (Lipinski definition) is 0. The molecule has 14 rings (SSSR count). The molecule has 2 nitrogen and oxygen atoms in total. The van der Waals surface area contributed by atoms with Crippen molar-refractivity contribution in [1.29, 1.82) is 0 Å². The van der Waals surface area contributed by atoms with Gasteiger partial charge in [-0.05, 0) is 130 Å². The van der Waals surface area contributed by atoms with Crippen molar-refractivity contribution in [1.82, 2.24) is 0 Å². The molecule has 66 heavy (non-hydrogen) atoms. The molecule has 0 N–H and O–H groups in total. The van der Waals surface area contributed by atoms with Crippen molar-refractivity contribution in [3.8, 4) is 55.6 Å². The Morgan fingerprint density at radius 2 is 0.667 bits per heavy atom. The summed E-state index contributed by atoms with van der Waals surface area (Å²) >= 11 is 0. The summed E-state index contributed by atoms with van der Waals surface area (Å²) in [6, 6.07) is 83.8. The van der Waals surface area contributed by atoms with Gasteiger partial charge in [0.25, 0.3) is 0 Å². The van der Waals surface area contributed by atoms with Crippen LogP contribution >= 0.6 is 0 Å². The number of benzene rings is 12. The van der Waals surface area contributed by atoms with Gasteiger partial charge in [0.05, 0.1) is 5.39 Å². The molecule has 0 saturated heterocycles. The molecule has 0 saturated carbocycles. The zero-order valence-corrected chi connectivity index (χ0v) is 35.8. The van der Waals surface area contributed by atoms with Crippen molar-refractivity contribution >= 4 is 87.0 Å². The molecular weight excluding hydrogens is 801 g/mol. The third-order valence-electron chi connectivity index (χ3n) is 13.8. The van der Waals surface area contributed by atoms with Crippen LogP contribution in [0.5, 0.6) is 0 Å². The van der Waals surface area contributed by atoms with Crippen molar-refractivity contribution in [2.75, 3.05) is 0 Å². The first kappa shape index (κ1) is 36.7. The van der Waals surface area contributed by atoms with E-state index in [4.69, 9.17) is 8.83 Å². The summed E-state index contributed by atoms with van der Waals surface area (Å²) in [6.07, 6.45) is 0. The Kier molecular flexibility index (Phi) is 8.02. The van der Waals surface area contributed by atoms with Gasteiger partial charge in [0.1, 0.15) is 22.3 Å². The average Bonchev–Trinajstić information content (AvgIpc) is 3.96. The van der Waals surface area contributed by atoms with E-state index in [1.165, 1.54) is 87.6 Å². The smallest absolute Gasteiger partial charge is 0.147 e. The molecule has 2 heterocycles. The maximum Gasteiger partial charge on any atom is 0.147 e. The molecule has 0 unspecified atom stereocenters. The Morgan fingerprint density at radius 1 is 0.227 bits per heavy atom. The highest BCUT2D eigenvalue weighted by molar-refractivity contribution is 6.27. The van der Waals surface area contributed by atoms with Crippen LogP contribution in [0.4, 0.5) is 0 Å². The summed E-state index contributed by atoms with van der Waals surface area (Å²) < 4.78 is 13.5. The standard InChI is InChI=1S/C64H38O2/c1-3-23-46-39(15-1)17-13-29-48(46)41-19-11-21-44(35-41)60-51-26-5-6-27-52(51)61(45-22-12-20-42(36-45)49-30-14-18-40-16-2-4-24-47(40)49)56-37-43(33-34-53(56)60)55-38-57-50-25-7-9-31-58(50)65-64(57)62-54-28-8-10-32-59(54)66-63(55)62/h1-38H. The first-order valence-corrected chi connectivity index (χ1v) is 22.6. The van der Waals surface area contributed by atoms with E-state index >= 15 is 0 Å². The molecule has 0 aliphatic carbocycles. The normalized spacial score (nSPS) is 11.9. The second-order valence-corrected chi connectivity index (χ2v) is 17.5. The van der Waals surface area contributed by atoms with Gasteiger partial charge in [0.15, 0.2) is 0 Å². The van der Waals surface area contributed by atoms with Crippen LogP contribution in [0.15, 0.2) is 239 Å². The van der Waals surface area contributed by atoms with E-state index in [1.807, 2.05) is 12.1 Å². The molecule has 2 aromatic heterocycles. The lowest BCUT2D eigenvalue weighted by Crippen LogP contribution is -1.93. The Morgan fingerprint density at radius 3 is 1.30 bits per heavy atom.